The van der Waals surface area contributed by atoms with Crippen molar-refractivity contribution >= 4 is 28.3 Å². The van der Waals surface area contributed by atoms with Crippen molar-refractivity contribution in [1.82, 2.24) is 0 Å². The lowest BCUT2D eigenvalue weighted by molar-refractivity contribution is -0.384. The van der Waals surface area contributed by atoms with Gasteiger partial charge in [-0.3, -0.25) is 19.7 Å². The minimum absolute atomic E-state index is 0.00116. The van der Waals surface area contributed by atoms with Gasteiger partial charge in [0.25, 0.3) is 5.69 Å². The maximum atomic E-state index is 11.5. The Morgan fingerprint density at radius 3 is 2.75 bits per heavy atom. The van der Waals surface area contributed by atoms with Crippen LogP contribution in [0.15, 0.2) is 18.2 Å². The molecule has 1 unspecified atom stereocenters. The lowest BCUT2D eigenvalue weighted by Gasteiger charge is -2.03. The van der Waals surface area contributed by atoms with Gasteiger partial charge in [-0.2, -0.15) is 0 Å². The Balaban J connectivity index is 2.53. The molecule has 16 heavy (non-hydrogen) atoms. The van der Waals surface area contributed by atoms with Gasteiger partial charge in [-0.1, -0.05) is 6.07 Å². The van der Waals surface area contributed by atoms with Crippen molar-refractivity contribution in [2.45, 2.75) is 12.3 Å². The third kappa shape index (κ3) is 1.59. The Hall–Kier alpha value is -1.75. The number of ketones is 1. The molecule has 0 heterocycles. The molecule has 1 aromatic carbocycles. The second kappa shape index (κ2) is 3.68. The van der Waals surface area contributed by atoms with Crippen LogP contribution in [-0.4, -0.2) is 15.9 Å². The molecule has 1 aliphatic rings. The fraction of sp³-hybridized carbons (Fsp3) is 0.200. The maximum absolute atomic E-state index is 11.5. The summed E-state index contributed by atoms with van der Waals surface area (Å²) in [5.41, 5.74) is 0.554. The molecule has 6 heteroatoms. The number of hydrogen-bond acceptors (Lipinski definition) is 4. The molecule has 1 aliphatic carbocycles. The van der Waals surface area contributed by atoms with E-state index in [1.807, 2.05) is 0 Å². The molecule has 0 saturated heterocycles. The molecule has 0 spiro atoms. The molecular formula is C10H6ClNO4. The standard InChI is InChI=1S/C10H6ClNO4/c11-10(14)8-4-9(13)7-3-5(12(15)16)1-2-6(7)8/h1-3,8H,4H2. The van der Waals surface area contributed by atoms with Crippen LogP contribution >= 0.6 is 11.6 Å². The van der Waals surface area contributed by atoms with Crippen LogP contribution in [0.3, 0.4) is 0 Å². The highest BCUT2D eigenvalue weighted by Crippen LogP contribution is 2.36. The number of fused-ring (bicyclic) bond motifs is 1. The van der Waals surface area contributed by atoms with Crippen LogP contribution in [0.5, 0.6) is 0 Å². The van der Waals surface area contributed by atoms with Crippen LogP contribution in [0.4, 0.5) is 5.69 Å². The van der Waals surface area contributed by atoms with Crippen LogP contribution in [0.1, 0.15) is 28.3 Å². The summed E-state index contributed by atoms with van der Waals surface area (Å²) >= 11 is 5.35. The number of benzene rings is 1. The van der Waals surface area contributed by atoms with E-state index in [4.69, 9.17) is 11.6 Å². The molecular weight excluding hydrogens is 234 g/mol. The van der Waals surface area contributed by atoms with E-state index in [-0.39, 0.29) is 23.5 Å². The largest absolute Gasteiger partial charge is 0.294 e. The van der Waals surface area contributed by atoms with Gasteiger partial charge in [0.15, 0.2) is 5.78 Å². The molecule has 1 atom stereocenters. The Morgan fingerprint density at radius 1 is 1.50 bits per heavy atom. The number of carbonyl (C=O) groups is 2. The molecule has 0 fully saturated rings. The molecule has 1 aromatic rings. The summed E-state index contributed by atoms with van der Waals surface area (Å²) in [5, 5.41) is 9.91. The number of nitro groups is 1. The molecule has 82 valence electrons. The quantitative estimate of drug-likeness (QED) is 0.449. The Kier molecular flexibility index (Phi) is 2.47. The van der Waals surface area contributed by atoms with Gasteiger partial charge < -0.3 is 0 Å². The van der Waals surface area contributed by atoms with Gasteiger partial charge in [0.05, 0.1) is 10.8 Å². The van der Waals surface area contributed by atoms with Gasteiger partial charge in [0.1, 0.15) is 0 Å². The molecule has 5 nitrogen and oxygen atoms in total. The third-order valence-electron chi connectivity index (χ3n) is 2.59. The van der Waals surface area contributed by atoms with E-state index in [1.165, 1.54) is 18.2 Å². The van der Waals surface area contributed by atoms with Crippen molar-refractivity contribution in [3.8, 4) is 0 Å². The second-order valence-corrected chi connectivity index (χ2v) is 3.89. The molecule has 0 saturated carbocycles. The predicted molar refractivity (Wildman–Crippen MR) is 55.6 cm³/mol. The zero-order valence-corrected chi connectivity index (χ0v) is 8.73. The Labute approximate surface area is 95.2 Å². The Morgan fingerprint density at radius 2 is 2.19 bits per heavy atom. The topological polar surface area (TPSA) is 77.3 Å². The highest BCUT2D eigenvalue weighted by atomic mass is 35.5. The summed E-state index contributed by atoms with van der Waals surface area (Å²) in [6.45, 7) is 0. The van der Waals surface area contributed by atoms with Crippen molar-refractivity contribution in [3.05, 3.63) is 39.4 Å². The first-order valence-electron chi connectivity index (χ1n) is 4.51. The highest BCUT2D eigenvalue weighted by molar-refractivity contribution is 6.65. The van der Waals surface area contributed by atoms with Gasteiger partial charge in [-0.05, 0) is 17.2 Å². The molecule has 0 bridgehead atoms. The number of nitro benzene ring substituents is 1. The van der Waals surface area contributed by atoms with Crippen molar-refractivity contribution in [2.24, 2.45) is 0 Å². The fourth-order valence-electron chi connectivity index (χ4n) is 1.81. The smallest absolute Gasteiger partial charge is 0.270 e. The van der Waals surface area contributed by atoms with Crippen molar-refractivity contribution in [1.29, 1.82) is 0 Å². The summed E-state index contributed by atoms with van der Waals surface area (Å²) in [6.07, 6.45) is -0.00116. The predicted octanol–water partition coefficient (Wildman–Crippen LogP) is 2.03. The molecule has 0 amide bonds. The van der Waals surface area contributed by atoms with Crippen LogP contribution in [0.2, 0.25) is 0 Å². The minimum Gasteiger partial charge on any atom is -0.294 e. The minimum atomic E-state index is -0.662. The number of nitrogens with zero attached hydrogens (tertiary/aromatic N) is 1. The first kappa shape index (κ1) is 10.8. The number of halogens is 1. The fourth-order valence-corrected chi connectivity index (χ4v) is 2.01. The van der Waals surface area contributed by atoms with Gasteiger partial charge >= 0.3 is 0 Å². The number of rotatable bonds is 2. The van der Waals surface area contributed by atoms with Crippen molar-refractivity contribution in [3.63, 3.8) is 0 Å². The summed E-state index contributed by atoms with van der Waals surface area (Å²) in [5.74, 6) is -0.942. The average Bonchev–Trinajstić information content (AvgIpc) is 2.56. The van der Waals surface area contributed by atoms with Gasteiger partial charge in [0, 0.05) is 24.1 Å². The number of non-ortho nitro benzene ring substituents is 1. The lowest BCUT2D eigenvalue weighted by Crippen LogP contribution is -2.02. The average molecular weight is 240 g/mol. The van der Waals surface area contributed by atoms with E-state index in [0.717, 1.165) is 0 Å². The number of carbonyl (C=O) groups excluding carboxylic acids is 2. The van der Waals surface area contributed by atoms with Gasteiger partial charge in [-0.15, -0.1) is 0 Å². The van der Waals surface area contributed by atoms with Crippen molar-refractivity contribution < 1.29 is 14.5 Å². The zero-order chi connectivity index (χ0) is 11.9. The number of Topliss-reactive ketones (excluding diaryl/α,β-unsaturated/α-hetero) is 1. The molecule has 2 rings (SSSR count). The lowest BCUT2D eigenvalue weighted by atomic mass is 10.0. The van der Waals surface area contributed by atoms with E-state index in [2.05, 4.69) is 0 Å². The molecule has 0 N–H and O–H groups in total. The van der Waals surface area contributed by atoms with Crippen LogP contribution in [0, 0.1) is 10.1 Å². The zero-order valence-electron chi connectivity index (χ0n) is 7.97. The molecule has 0 radical (unpaired) electrons. The van der Waals surface area contributed by atoms with Crippen molar-refractivity contribution in [2.75, 3.05) is 0 Å². The summed E-state index contributed by atoms with van der Waals surface area (Å²) < 4.78 is 0. The first-order chi connectivity index (χ1) is 7.50. The third-order valence-corrected chi connectivity index (χ3v) is 2.85. The van der Waals surface area contributed by atoms with E-state index >= 15 is 0 Å². The van der Waals surface area contributed by atoms with E-state index in [9.17, 15) is 19.7 Å². The summed E-state index contributed by atoms with van der Waals surface area (Å²) in [4.78, 5) is 32.5. The van der Waals surface area contributed by atoms with E-state index in [1.54, 1.807) is 0 Å². The first-order valence-corrected chi connectivity index (χ1v) is 4.89. The monoisotopic (exact) mass is 239 g/mol. The normalized spacial score (nSPS) is 18.3. The van der Waals surface area contributed by atoms with Crippen LogP contribution in [0.25, 0.3) is 0 Å². The summed E-state index contributed by atoms with van der Waals surface area (Å²) in [7, 11) is 0. The molecule has 0 aromatic heterocycles. The second-order valence-electron chi connectivity index (χ2n) is 3.51. The van der Waals surface area contributed by atoms with Crippen LogP contribution < -0.4 is 0 Å². The highest BCUT2D eigenvalue weighted by Gasteiger charge is 2.34. The number of hydrogen-bond donors (Lipinski definition) is 0. The van der Waals surface area contributed by atoms with Gasteiger partial charge in [0.2, 0.25) is 5.24 Å². The van der Waals surface area contributed by atoms with E-state index < -0.39 is 16.1 Å². The van der Waals surface area contributed by atoms with E-state index in [0.29, 0.717) is 5.56 Å². The SMILES string of the molecule is O=C1CC(C(=O)Cl)c2ccc([N+](=O)[O-])cc21. The molecule has 0 aliphatic heterocycles. The summed E-state index contributed by atoms with van der Waals surface area (Å²) in [6, 6.07) is 3.88. The Bertz CT molecular complexity index is 512. The van der Waals surface area contributed by atoms with Crippen LogP contribution in [-0.2, 0) is 4.79 Å². The van der Waals surface area contributed by atoms with Gasteiger partial charge in [-0.25, -0.2) is 0 Å². The maximum Gasteiger partial charge on any atom is 0.270 e.